The normalized spacial score (nSPS) is 16.5. The Morgan fingerprint density at radius 1 is 1.21 bits per heavy atom. The number of nitrogens with zero attached hydrogens (tertiary/aromatic N) is 1. The molecule has 0 fully saturated rings. The van der Waals surface area contributed by atoms with Crippen molar-refractivity contribution in [1.29, 1.82) is 0 Å². The molecule has 1 aromatic carbocycles. The molecule has 2 N–H and O–H groups in total. The maximum atomic E-state index is 12.6. The van der Waals surface area contributed by atoms with Gasteiger partial charge in [0.1, 0.15) is 21.6 Å². The fourth-order valence-corrected chi connectivity index (χ4v) is 4.34. The molecule has 3 heterocycles. The fourth-order valence-electron chi connectivity index (χ4n) is 3.18. The molecule has 0 saturated heterocycles. The fraction of sp³-hybridized carbons (Fsp3) is 0.222. The number of rotatable bonds is 2. The van der Waals surface area contributed by atoms with Crippen LogP contribution in [0, 0.1) is 13.8 Å². The summed E-state index contributed by atoms with van der Waals surface area (Å²) in [6.07, 6.45) is -0.334. The second kappa shape index (κ2) is 5.49. The number of nitrogens with one attached hydrogen (secondary N) is 2. The number of methoxy groups -OCH3 is 1. The van der Waals surface area contributed by atoms with Gasteiger partial charge in [0.15, 0.2) is 0 Å². The molecule has 2 aromatic heterocycles. The Bertz CT molecular complexity index is 964. The molecule has 0 aliphatic carbocycles. The zero-order chi connectivity index (χ0) is 16.8. The van der Waals surface area contributed by atoms with E-state index < -0.39 is 0 Å². The van der Waals surface area contributed by atoms with Crippen LogP contribution in [0.4, 0.5) is 5.69 Å². The summed E-state index contributed by atoms with van der Waals surface area (Å²) in [6.45, 7) is 4.02. The van der Waals surface area contributed by atoms with Gasteiger partial charge in [-0.05, 0) is 31.5 Å². The maximum absolute atomic E-state index is 12.6. The van der Waals surface area contributed by atoms with Crippen molar-refractivity contribution in [3.05, 3.63) is 52.0 Å². The Kier molecular flexibility index (Phi) is 3.42. The van der Waals surface area contributed by atoms with Crippen LogP contribution in [0.3, 0.4) is 0 Å². The van der Waals surface area contributed by atoms with Crippen molar-refractivity contribution in [2.24, 2.45) is 0 Å². The van der Waals surface area contributed by atoms with Gasteiger partial charge in [-0.15, -0.1) is 11.3 Å². The van der Waals surface area contributed by atoms with Gasteiger partial charge in [0, 0.05) is 16.6 Å². The number of benzene rings is 1. The van der Waals surface area contributed by atoms with Gasteiger partial charge in [0.2, 0.25) is 0 Å². The third-order valence-corrected chi connectivity index (χ3v) is 5.29. The van der Waals surface area contributed by atoms with Crippen LogP contribution in [0.25, 0.3) is 10.2 Å². The van der Waals surface area contributed by atoms with Crippen LogP contribution in [-0.4, -0.2) is 18.0 Å². The number of carbonyl (C=O) groups is 1. The van der Waals surface area contributed by atoms with Crippen molar-refractivity contribution in [2.75, 3.05) is 12.4 Å². The van der Waals surface area contributed by atoms with Crippen LogP contribution in [0.2, 0.25) is 0 Å². The van der Waals surface area contributed by atoms with E-state index in [-0.39, 0.29) is 12.1 Å². The third-order valence-electron chi connectivity index (χ3n) is 4.21. The van der Waals surface area contributed by atoms with Crippen LogP contribution in [0.15, 0.2) is 30.3 Å². The molecule has 24 heavy (non-hydrogen) atoms. The van der Waals surface area contributed by atoms with E-state index in [1.165, 1.54) is 11.3 Å². The first-order valence-electron chi connectivity index (χ1n) is 7.69. The van der Waals surface area contributed by atoms with Crippen molar-refractivity contribution < 1.29 is 9.53 Å². The van der Waals surface area contributed by atoms with Crippen LogP contribution in [0.5, 0.6) is 5.75 Å². The Morgan fingerprint density at radius 2 is 2.00 bits per heavy atom. The monoisotopic (exact) mass is 339 g/mol. The molecule has 5 nitrogen and oxygen atoms in total. The molecule has 1 atom stereocenters. The number of carbonyl (C=O) groups excluding carboxylic acids is 1. The number of anilines is 1. The molecule has 4 rings (SSSR count). The number of aromatic nitrogens is 1. The molecule has 1 amide bonds. The number of amides is 1. The highest BCUT2D eigenvalue weighted by molar-refractivity contribution is 7.21. The molecule has 0 saturated carbocycles. The van der Waals surface area contributed by atoms with Gasteiger partial charge in [-0.1, -0.05) is 18.2 Å². The van der Waals surface area contributed by atoms with E-state index in [0.717, 1.165) is 38.5 Å². The van der Waals surface area contributed by atoms with Gasteiger partial charge >= 0.3 is 0 Å². The Morgan fingerprint density at radius 3 is 2.79 bits per heavy atom. The summed E-state index contributed by atoms with van der Waals surface area (Å²) in [5, 5.41) is 7.49. The minimum absolute atomic E-state index is 0.0836. The molecule has 0 bridgehead atoms. The van der Waals surface area contributed by atoms with E-state index >= 15 is 0 Å². The molecule has 3 aromatic rings. The van der Waals surface area contributed by atoms with Crippen molar-refractivity contribution in [3.63, 3.8) is 0 Å². The number of thiophene rings is 1. The van der Waals surface area contributed by atoms with Gasteiger partial charge in [0.25, 0.3) is 5.91 Å². The molecule has 0 spiro atoms. The minimum Gasteiger partial charge on any atom is -0.496 e. The first kappa shape index (κ1) is 15.0. The van der Waals surface area contributed by atoms with Crippen molar-refractivity contribution in [2.45, 2.75) is 20.0 Å². The van der Waals surface area contributed by atoms with E-state index in [0.29, 0.717) is 4.88 Å². The molecule has 1 aliphatic heterocycles. The van der Waals surface area contributed by atoms with Crippen LogP contribution >= 0.6 is 11.3 Å². The number of fused-ring (bicyclic) bond motifs is 3. The highest BCUT2D eigenvalue weighted by Gasteiger charge is 2.30. The number of pyridine rings is 1. The zero-order valence-electron chi connectivity index (χ0n) is 13.6. The molecule has 0 radical (unpaired) electrons. The predicted octanol–water partition coefficient (Wildman–Crippen LogP) is 3.78. The molecular formula is C18H17N3O2S. The summed E-state index contributed by atoms with van der Waals surface area (Å²) in [6, 6.07) is 9.73. The van der Waals surface area contributed by atoms with Crippen LogP contribution < -0.4 is 15.4 Å². The van der Waals surface area contributed by atoms with E-state index in [1.807, 2.05) is 37.3 Å². The van der Waals surface area contributed by atoms with E-state index in [1.54, 1.807) is 7.11 Å². The molecule has 1 aliphatic rings. The van der Waals surface area contributed by atoms with E-state index in [4.69, 9.17) is 4.74 Å². The van der Waals surface area contributed by atoms with E-state index in [2.05, 4.69) is 22.5 Å². The third kappa shape index (κ3) is 2.22. The first-order chi connectivity index (χ1) is 11.6. The highest BCUT2D eigenvalue weighted by atomic mass is 32.1. The average molecular weight is 339 g/mol. The topological polar surface area (TPSA) is 63.2 Å². The number of hydrogen-bond donors (Lipinski definition) is 2. The zero-order valence-corrected chi connectivity index (χ0v) is 14.5. The highest BCUT2D eigenvalue weighted by Crippen LogP contribution is 2.41. The Hall–Kier alpha value is -2.60. The SMILES string of the molecule is COc1ccccc1[C@@H]1NC(=O)c2sc3nc(C)cc(C)c3c2N1. The largest absolute Gasteiger partial charge is 0.496 e. The summed E-state index contributed by atoms with van der Waals surface area (Å²) in [4.78, 5) is 18.8. The summed E-state index contributed by atoms with van der Waals surface area (Å²) >= 11 is 1.43. The minimum atomic E-state index is -0.334. The lowest BCUT2D eigenvalue weighted by atomic mass is 10.1. The summed E-state index contributed by atoms with van der Waals surface area (Å²) in [5.74, 6) is 0.656. The summed E-state index contributed by atoms with van der Waals surface area (Å²) in [5.41, 5.74) is 3.84. The predicted molar refractivity (Wildman–Crippen MR) is 95.9 cm³/mol. The van der Waals surface area contributed by atoms with Crippen LogP contribution in [-0.2, 0) is 0 Å². The molecule has 0 unspecified atom stereocenters. The maximum Gasteiger partial charge on any atom is 0.265 e. The lowest BCUT2D eigenvalue weighted by Crippen LogP contribution is -2.37. The van der Waals surface area contributed by atoms with Gasteiger partial charge in [-0.3, -0.25) is 4.79 Å². The number of aryl methyl sites for hydroxylation is 2. The summed E-state index contributed by atoms with van der Waals surface area (Å²) < 4.78 is 5.43. The number of para-hydroxylation sites is 1. The smallest absolute Gasteiger partial charge is 0.265 e. The van der Waals surface area contributed by atoms with Crippen molar-refractivity contribution in [3.8, 4) is 5.75 Å². The number of hydrogen-bond acceptors (Lipinski definition) is 5. The number of ether oxygens (including phenoxy) is 1. The quantitative estimate of drug-likeness (QED) is 0.746. The first-order valence-corrected chi connectivity index (χ1v) is 8.51. The van der Waals surface area contributed by atoms with Gasteiger partial charge in [0.05, 0.1) is 12.8 Å². The second-order valence-electron chi connectivity index (χ2n) is 5.86. The molecule has 6 heteroatoms. The molecule has 122 valence electrons. The lowest BCUT2D eigenvalue weighted by molar-refractivity contribution is 0.0940. The Balaban J connectivity index is 1.86. The van der Waals surface area contributed by atoms with Gasteiger partial charge in [-0.25, -0.2) is 4.98 Å². The van der Waals surface area contributed by atoms with Gasteiger partial charge in [-0.2, -0.15) is 0 Å². The lowest BCUT2D eigenvalue weighted by Gasteiger charge is -2.27. The van der Waals surface area contributed by atoms with Crippen LogP contribution in [0.1, 0.15) is 32.7 Å². The molecular weight excluding hydrogens is 322 g/mol. The van der Waals surface area contributed by atoms with Gasteiger partial charge < -0.3 is 15.4 Å². The second-order valence-corrected chi connectivity index (χ2v) is 6.86. The van der Waals surface area contributed by atoms with Crippen molar-refractivity contribution >= 4 is 33.1 Å². The standard InChI is InChI=1S/C18H17N3O2S/c1-9-8-10(2)19-18-13(9)14-15(24-18)17(22)21-16(20-14)11-6-4-5-7-12(11)23-3/h4-8,16,20H,1-3H3,(H,21,22)/t16-/m0/s1. The Labute approximate surface area is 143 Å². The summed E-state index contributed by atoms with van der Waals surface area (Å²) in [7, 11) is 1.63. The average Bonchev–Trinajstić information content (AvgIpc) is 2.93. The van der Waals surface area contributed by atoms with E-state index in [9.17, 15) is 4.79 Å². The van der Waals surface area contributed by atoms with Crippen molar-refractivity contribution in [1.82, 2.24) is 10.3 Å².